The third-order valence-corrected chi connectivity index (χ3v) is 6.28. The Morgan fingerprint density at radius 2 is 2.03 bits per heavy atom. The van der Waals surface area contributed by atoms with Gasteiger partial charge < -0.3 is 26.2 Å². The lowest BCUT2D eigenvalue weighted by Crippen LogP contribution is -2.32. The lowest BCUT2D eigenvalue weighted by atomic mass is 10.0. The van der Waals surface area contributed by atoms with Gasteiger partial charge >= 0.3 is 0 Å². The van der Waals surface area contributed by atoms with Crippen LogP contribution in [0.3, 0.4) is 0 Å². The first-order valence-electron chi connectivity index (χ1n) is 11.7. The number of benzene rings is 2. The predicted molar refractivity (Wildman–Crippen MR) is 132 cm³/mol. The fraction of sp³-hybridized carbons (Fsp3) is 0.333. The highest BCUT2D eigenvalue weighted by Crippen LogP contribution is 2.24. The van der Waals surface area contributed by atoms with E-state index in [-0.39, 0.29) is 17.7 Å². The Morgan fingerprint density at radius 3 is 2.82 bits per heavy atom. The Bertz CT molecular complexity index is 1130. The van der Waals surface area contributed by atoms with E-state index >= 15 is 0 Å². The number of carbonyl (C=O) groups excluding carboxylic acids is 1. The first-order valence-corrected chi connectivity index (χ1v) is 11.7. The van der Waals surface area contributed by atoms with Crippen LogP contribution < -0.4 is 11.1 Å². The summed E-state index contributed by atoms with van der Waals surface area (Å²) in [6.45, 7) is 3.64. The lowest BCUT2D eigenvalue weighted by Gasteiger charge is -2.22. The number of hydrogen-bond donors (Lipinski definition) is 4. The molecule has 2 aromatic carbocycles. The van der Waals surface area contributed by atoms with Crippen LogP contribution in [0.5, 0.6) is 5.75 Å². The number of aromatic hydroxyl groups is 1. The smallest absolute Gasteiger partial charge is 0.254 e. The number of carbonyl (C=O) groups is 1. The summed E-state index contributed by atoms with van der Waals surface area (Å²) in [5.74, 6) is 0.661. The number of nitrogens with two attached hydrogens (primary N) is 1. The molecule has 7 heteroatoms. The minimum Gasteiger partial charge on any atom is -0.508 e. The van der Waals surface area contributed by atoms with Crippen LogP contribution in [-0.2, 0) is 19.4 Å². The van der Waals surface area contributed by atoms with E-state index in [4.69, 9.17) is 5.73 Å². The van der Waals surface area contributed by atoms with E-state index in [1.165, 1.54) is 5.56 Å². The number of amides is 1. The molecule has 1 amide bonds. The highest BCUT2D eigenvalue weighted by molar-refractivity contribution is 5.94. The van der Waals surface area contributed by atoms with Gasteiger partial charge in [0.1, 0.15) is 11.6 Å². The van der Waals surface area contributed by atoms with E-state index in [2.05, 4.69) is 17.2 Å². The van der Waals surface area contributed by atoms with Gasteiger partial charge in [0.05, 0.1) is 6.10 Å². The highest BCUT2D eigenvalue weighted by atomic mass is 16.3. The lowest BCUT2D eigenvalue weighted by molar-refractivity contribution is 0.0745. The molecule has 0 bridgehead atoms. The minimum absolute atomic E-state index is 0.00456. The summed E-state index contributed by atoms with van der Waals surface area (Å²) in [6.07, 6.45) is 3.44. The number of fused-ring (bicyclic) bond motifs is 1. The molecule has 1 aliphatic rings. The van der Waals surface area contributed by atoms with Crippen LogP contribution in [0.25, 0.3) is 0 Å². The van der Waals surface area contributed by atoms with Crippen molar-refractivity contribution in [2.45, 2.75) is 44.9 Å². The second-order valence-electron chi connectivity index (χ2n) is 9.03. The molecular formula is C27H32N4O3. The average molecular weight is 461 g/mol. The second-order valence-corrected chi connectivity index (χ2v) is 9.03. The van der Waals surface area contributed by atoms with Crippen molar-refractivity contribution in [1.29, 1.82) is 0 Å². The van der Waals surface area contributed by atoms with Crippen molar-refractivity contribution in [3.05, 3.63) is 88.6 Å². The number of aromatic nitrogens is 1. The summed E-state index contributed by atoms with van der Waals surface area (Å²) in [5, 5.41) is 23.6. The summed E-state index contributed by atoms with van der Waals surface area (Å²) in [6, 6.07) is 16.7. The number of aryl methyl sites for hydroxylation is 1. The zero-order chi connectivity index (χ0) is 24.1. The molecule has 5 N–H and O–H groups in total. The van der Waals surface area contributed by atoms with Crippen molar-refractivity contribution in [2.75, 3.05) is 18.8 Å². The molecule has 0 fully saturated rings. The van der Waals surface area contributed by atoms with Crippen molar-refractivity contribution in [2.24, 2.45) is 0 Å². The summed E-state index contributed by atoms with van der Waals surface area (Å²) in [5.41, 5.74) is 10.2. The Hall–Kier alpha value is -3.42. The molecule has 4 rings (SSSR count). The van der Waals surface area contributed by atoms with Crippen molar-refractivity contribution in [3.8, 4) is 5.75 Å². The number of nitrogens with zero attached hydrogens (tertiary/aromatic N) is 2. The van der Waals surface area contributed by atoms with Crippen LogP contribution in [0, 0.1) is 0 Å². The molecule has 34 heavy (non-hydrogen) atoms. The fourth-order valence-electron chi connectivity index (χ4n) is 4.41. The van der Waals surface area contributed by atoms with Crippen molar-refractivity contribution in [1.82, 2.24) is 15.2 Å². The van der Waals surface area contributed by atoms with Crippen LogP contribution in [0.15, 0.2) is 60.8 Å². The molecule has 3 aromatic rings. The number of nitrogens with one attached hydrogen (secondary N) is 1. The first-order chi connectivity index (χ1) is 16.4. The van der Waals surface area contributed by atoms with Crippen LogP contribution in [0.2, 0.25) is 0 Å². The van der Waals surface area contributed by atoms with Gasteiger partial charge in [-0.25, -0.2) is 4.98 Å². The average Bonchev–Trinajstić information content (AvgIpc) is 3.04. The molecule has 178 valence electrons. The molecular weight excluding hydrogens is 428 g/mol. The van der Waals surface area contributed by atoms with Gasteiger partial charge in [-0.15, -0.1) is 0 Å². The largest absolute Gasteiger partial charge is 0.508 e. The highest BCUT2D eigenvalue weighted by Gasteiger charge is 2.21. The Kier molecular flexibility index (Phi) is 7.45. The third kappa shape index (κ3) is 5.92. The summed E-state index contributed by atoms with van der Waals surface area (Å²) in [7, 11) is 0. The van der Waals surface area contributed by atoms with Crippen LogP contribution in [0.1, 0.15) is 52.1 Å². The van der Waals surface area contributed by atoms with Gasteiger partial charge in [-0.2, -0.15) is 0 Å². The SMILES string of the molecule is C[C@H](Cc1cccc(C(=O)N2CCCc3ccc(O)cc3C2)c1)NC[C@@H](O)c1ccc(N)nc1. The maximum atomic E-state index is 13.3. The molecule has 0 aliphatic carbocycles. The molecule has 2 heterocycles. The summed E-state index contributed by atoms with van der Waals surface area (Å²) < 4.78 is 0. The minimum atomic E-state index is -0.672. The molecule has 0 saturated heterocycles. The Labute approximate surface area is 200 Å². The van der Waals surface area contributed by atoms with Crippen LogP contribution in [-0.4, -0.2) is 45.1 Å². The van der Waals surface area contributed by atoms with Crippen LogP contribution in [0.4, 0.5) is 5.82 Å². The number of aliphatic hydroxyl groups excluding tert-OH is 1. The van der Waals surface area contributed by atoms with E-state index < -0.39 is 6.10 Å². The Balaban J connectivity index is 1.36. The van der Waals surface area contributed by atoms with Crippen molar-refractivity contribution >= 4 is 11.7 Å². The summed E-state index contributed by atoms with van der Waals surface area (Å²) >= 11 is 0. The number of aliphatic hydroxyl groups is 1. The summed E-state index contributed by atoms with van der Waals surface area (Å²) in [4.78, 5) is 19.2. The fourth-order valence-corrected chi connectivity index (χ4v) is 4.41. The van der Waals surface area contributed by atoms with E-state index in [0.717, 1.165) is 30.4 Å². The normalized spacial score (nSPS) is 15.3. The molecule has 7 nitrogen and oxygen atoms in total. The van der Waals surface area contributed by atoms with E-state index in [1.807, 2.05) is 35.2 Å². The molecule has 0 unspecified atom stereocenters. The first kappa shape index (κ1) is 23.7. The number of phenols is 1. The van der Waals surface area contributed by atoms with E-state index in [1.54, 1.807) is 30.5 Å². The van der Waals surface area contributed by atoms with Gasteiger partial charge in [0.15, 0.2) is 0 Å². The number of rotatable bonds is 7. The predicted octanol–water partition coefficient (Wildman–Crippen LogP) is 3.21. The van der Waals surface area contributed by atoms with Gasteiger partial charge in [0.25, 0.3) is 5.91 Å². The standard InChI is InChI=1S/C27H32N4O3/c1-18(29-16-25(33)22-8-10-26(28)30-15-22)12-19-4-2-5-21(13-19)27(34)31-11-3-6-20-7-9-24(32)14-23(20)17-31/h2,4-5,7-10,13-15,18,25,29,32-33H,3,6,11-12,16-17H2,1H3,(H2,28,30)/t18-,25-/m1/s1. The van der Waals surface area contributed by atoms with Gasteiger partial charge in [-0.05, 0) is 73.2 Å². The maximum Gasteiger partial charge on any atom is 0.254 e. The Morgan fingerprint density at radius 1 is 1.18 bits per heavy atom. The molecule has 1 aromatic heterocycles. The van der Waals surface area contributed by atoms with Crippen LogP contribution >= 0.6 is 0 Å². The van der Waals surface area contributed by atoms with E-state index in [0.29, 0.717) is 36.6 Å². The number of hydrogen-bond acceptors (Lipinski definition) is 6. The second kappa shape index (κ2) is 10.7. The van der Waals surface area contributed by atoms with Gasteiger partial charge in [-0.1, -0.05) is 24.3 Å². The monoisotopic (exact) mass is 460 g/mol. The zero-order valence-corrected chi connectivity index (χ0v) is 19.4. The molecule has 1 aliphatic heterocycles. The van der Waals surface area contributed by atoms with E-state index in [9.17, 15) is 15.0 Å². The third-order valence-electron chi connectivity index (χ3n) is 6.28. The molecule has 0 saturated carbocycles. The van der Waals surface area contributed by atoms with Gasteiger partial charge in [0, 0.05) is 43.0 Å². The van der Waals surface area contributed by atoms with Crippen molar-refractivity contribution in [3.63, 3.8) is 0 Å². The zero-order valence-electron chi connectivity index (χ0n) is 19.4. The number of anilines is 1. The quantitative estimate of drug-likeness (QED) is 0.431. The number of nitrogen functional groups attached to an aromatic ring is 1. The number of pyridine rings is 1. The molecule has 2 atom stereocenters. The molecule has 0 spiro atoms. The maximum absolute atomic E-state index is 13.3. The van der Waals surface area contributed by atoms with Crippen molar-refractivity contribution < 1.29 is 15.0 Å². The van der Waals surface area contributed by atoms with Gasteiger partial charge in [-0.3, -0.25) is 4.79 Å². The number of phenolic OH excluding ortho intramolecular Hbond substituents is 1. The topological polar surface area (TPSA) is 112 Å². The molecule has 0 radical (unpaired) electrons. The van der Waals surface area contributed by atoms with Gasteiger partial charge in [0.2, 0.25) is 0 Å².